The Bertz CT molecular complexity index is 619. The van der Waals surface area contributed by atoms with Crippen molar-refractivity contribution in [3.8, 4) is 5.88 Å². The van der Waals surface area contributed by atoms with Gasteiger partial charge in [-0.3, -0.25) is 4.99 Å². The molecule has 5 nitrogen and oxygen atoms in total. The van der Waals surface area contributed by atoms with Gasteiger partial charge in [0.25, 0.3) is 0 Å². The van der Waals surface area contributed by atoms with Crippen molar-refractivity contribution in [2.24, 2.45) is 4.99 Å². The van der Waals surface area contributed by atoms with Crippen LogP contribution < -0.4 is 15.4 Å². The maximum atomic E-state index is 5.12. The first-order chi connectivity index (χ1) is 11.3. The number of methoxy groups -OCH3 is 1. The highest BCUT2D eigenvalue weighted by Gasteiger charge is 2.00. The van der Waals surface area contributed by atoms with Gasteiger partial charge >= 0.3 is 0 Å². The molecule has 2 aromatic rings. The van der Waals surface area contributed by atoms with Gasteiger partial charge in [-0.25, -0.2) is 4.98 Å². The molecule has 23 heavy (non-hydrogen) atoms. The Labute approximate surface area is 141 Å². The van der Waals surface area contributed by atoms with Crippen LogP contribution in [0, 0.1) is 0 Å². The molecule has 0 atom stereocenters. The highest BCUT2D eigenvalue weighted by Crippen LogP contribution is 2.15. The molecule has 2 N–H and O–H groups in total. The average Bonchev–Trinajstić information content (AvgIpc) is 2.62. The molecule has 0 aliphatic heterocycles. The lowest BCUT2D eigenvalue weighted by Crippen LogP contribution is -2.37. The molecular weight excluding hydrogens is 308 g/mol. The van der Waals surface area contributed by atoms with Crippen molar-refractivity contribution in [3.05, 3.63) is 54.2 Å². The first-order valence-corrected chi connectivity index (χ1v) is 8.41. The van der Waals surface area contributed by atoms with Crippen molar-refractivity contribution in [3.63, 3.8) is 0 Å². The number of aliphatic imine (C=N–C) groups is 1. The van der Waals surface area contributed by atoms with Crippen LogP contribution in [-0.4, -0.2) is 37.4 Å². The van der Waals surface area contributed by atoms with E-state index in [1.165, 1.54) is 4.90 Å². The summed E-state index contributed by atoms with van der Waals surface area (Å²) in [5, 5.41) is 6.59. The van der Waals surface area contributed by atoms with Gasteiger partial charge in [0.1, 0.15) is 0 Å². The number of pyridine rings is 1. The quantitative estimate of drug-likeness (QED) is 0.354. The van der Waals surface area contributed by atoms with Gasteiger partial charge < -0.3 is 15.4 Å². The number of nitrogens with zero attached hydrogens (tertiary/aromatic N) is 2. The SMILES string of the molecule is CN=C(NCCSc1ccccc1)NCc1ccnc(OC)c1. The first-order valence-electron chi connectivity index (χ1n) is 7.43. The van der Waals surface area contributed by atoms with Crippen LogP contribution >= 0.6 is 11.8 Å². The minimum absolute atomic E-state index is 0.617. The number of nitrogens with one attached hydrogen (secondary N) is 2. The summed E-state index contributed by atoms with van der Waals surface area (Å²) in [7, 11) is 3.39. The maximum Gasteiger partial charge on any atom is 0.213 e. The Hall–Kier alpha value is -2.21. The fourth-order valence-electron chi connectivity index (χ4n) is 1.93. The number of ether oxygens (including phenoxy) is 1. The standard InChI is InChI=1S/C17H22N4OS/c1-18-17(20-10-11-23-15-6-4-3-5-7-15)21-13-14-8-9-19-16(12-14)22-2/h3-9,12H,10-11,13H2,1-2H3,(H2,18,20,21). The van der Waals surface area contributed by atoms with Crippen molar-refractivity contribution in [1.82, 2.24) is 15.6 Å². The van der Waals surface area contributed by atoms with Crippen LogP contribution in [-0.2, 0) is 6.54 Å². The number of benzene rings is 1. The lowest BCUT2D eigenvalue weighted by molar-refractivity contribution is 0.397. The van der Waals surface area contributed by atoms with Crippen LogP contribution in [0.1, 0.15) is 5.56 Å². The topological polar surface area (TPSA) is 58.5 Å². The summed E-state index contributed by atoms with van der Waals surface area (Å²) >= 11 is 1.82. The van der Waals surface area contributed by atoms with Crippen LogP contribution in [0.25, 0.3) is 0 Å². The van der Waals surface area contributed by atoms with Gasteiger partial charge in [0, 0.05) is 43.0 Å². The normalized spacial score (nSPS) is 11.1. The zero-order valence-corrected chi connectivity index (χ0v) is 14.3. The highest BCUT2D eigenvalue weighted by atomic mass is 32.2. The number of hydrogen-bond acceptors (Lipinski definition) is 4. The zero-order chi connectivity index (χ0) is 16.3. The van der Waals surface area contributed by atoms with E-state index in [1.807, 2.05) is 30.0 Å². The molecule has 122 valence electrons. The van der Waals surface area contributed by atoms with E-state index in [0.717, 1.165) is 23.8 Å². The number of rotatable bonds is 7. The molecule has 6 heteroatoms. The largest absolute Gasteiger partial charge is 0.481 e. The molecule has 0 fully saturated rings. The molecule has 0 saturated heterocycles. The molecule has 1 aromatic heterocycles. The van der Waals surface area contributed by atoms with Gasteiger partial charge in [0.15, 0.2) is 5.96 Å². The smallest absolute Gasteiger partial charge is 0.213 e. The van der Waals surface area contributed by atoms with Gasteiger partial charge in [-0.2, -0.15) is 0 Å². The number of aromatic nitrogens is 1. The summed E-state index contributed by atoms with van der Waals surface area (Å²) in [6.45, 7) is 1.52. The molecule has 0 bridgehead atoms. The third kappa shape index (κ3) is 6.20. The Kier molecular flexibility index (Phi) is 7.26. The van der Waals surface area contributed by atoms with E-state index in [9.17, 15) is 0 Å². The van der Waals surface area contributed by atoms with Crippen molar-refractivity contribution < 1.29 is 4.74 Å². The second kappa shape index (κ2) is 9.74. The highest BCUT2D eigenvalue weighted by molar-refractivity contribution is 7.99. The average molecular weight is 330 g/mol. The molecule has 0 radical (unpaired) electrons. The van der Waals surface area contributed by atoms with Crippen molar-refractivity contribution in [2.45, 2.75) is 11.4 Å². The zero-order valence-electron chi connectivity index (χ0n) is 13.5. The maximum absolute atomic E-state index is 5.12. The summed E-state index contributed by atoms with van der Waals surface area (Å²) in [5.41, 5.74) is 1.10. The summed E-state index contributed by atoms with van der Waals surface area (Å²) in [4.78, 5) is 9.60. The fraction of sp³-hybridized carbons (Fsp3) is 0.294. The van der Waals surface area contributed by atoms with E-state index in [-0.39, 0.29) is 0 Å². The van der Waals surface area contributed by atoms with Gasteiger partial charge in [0.05, 0.1) is 7.11 Å². The Balaban J connectivity index is 1.71. The summed E-state index contributed by atoms with van der Waals surface area (Å²) < 4.78 is 5.12. The van der Waals surface area contributed by atoms with E-state index >= 15 is 0 Å². The van der Waals surface area contributed by atoms with E-state index in [1.54, 1.807) is 20.4 Å². The van der Waals surface area contributed by atoms with E-state index in [0.29, 0.717) is 12.4 Å². The lowest BCUT2D eigenvalue weighted by Gasteiger charge is -2.12. The van der Waals surface area contributed by atoms with E-state index < -0.39 is 0 Å². The fourth-order valence-corrected chi connectivity index (χ4v) is 2.72. The van der Waals surface area contributed by atoms with Crippen LogP contribution in [0.3, 0.4) is 0 Å². The van der Waals surface area contributed by atoms with E-state index in [4.69, 9.17) is 4.74 Å². The molecule has 0 unspecified atom stereocenters. The van der Waals surface area contributed by atoms with Crippen molar-refractivity contribution in [2.75, 3.05) is 26.5 Å². The third-order valence-electron chi connectivity index (χ3n) is 3.10. The number of hydrogen-bond donors (Lipinski definition) is 2. The molecule has 0 saturated carbocycles. The van der Waals surface area contributed by atoms with Crippen molar-refractivity contribution >= 4 is 17.7 Å². The Morgan fingerprint density at radius 2 is 2.04 bits per heavy atom. The monoisotopic (exact) mass is 330 g/mol. The first kappa shape index (κ1) is 17.1. The van der Waals surface area contributed by atoms with E-state index in [2.05, 4.69) is 44.9 Å². The third-order valence-corrected chi connectivity index (χ3v) is 4.11. The molecule has 0 amide bonds. The second-order valence-electron chi connectivity index (χ2n) is 4.72. The van der Waals surface area contributed by atoms with Gasteiger partial charge in [-0.15, -0.1) is 11.8 Å². The van der Waals surface area contributed by atoms with Gasteiger partial charge in [-0.05, 0) is 23.8 Å². The summed E-state index contributed by atoms with van der Waals surface area (Å²) in [6.07, 6.45) is 1.74. The Morgan fingerprint density at radius 3 is 2.78 bits per heavy atom. The molecule has 0 aliphatic rings. The number of guanidine groups is 1. The molecule has 1 heterocycles. The van der Waals surface area contributed by atoms with Crippen LogP contribution in [0.4, 0.5) is 0 Å². The van der Waals surface area contributed by atoms with Gasteiger partial charge in [-0.1, -0.05) is 18.2 Å². The molecule has 0 spiro atoms. The minimum Gasteiger partial charge on any atom is -0.481 e. The van der Waals surface area contributed by atoms with Crippen molar-refractivity contribution in [1.29, 1.82) is 0 Å². The summed E-state index contributed by atoms with van der Waals surface area (Å²) in [6, 6.07) is 14.2. The molecule has 1 aromatic carbocycles. The van der Waals surface area contributed by atoms with Crippen LogP contribution in [0.5, 0.6) is 5.88 Å². The molecule has 2 rings (SSSR count). The number of thioether (sulfide) groups is 1. The summed E-state index contributed by atoms with van der Waals surface area (Å²) in [5.74, 6) is 2.38. The molecule has 0 aliphatic carbocycles. The lowest BCUT2D eigenvalue weighted by atomic mass is 10.2. The predicted octanol–water partition coefficient (Wildman–Crippen LogP) is 2.55. The predicted molar refractivity (Wildman–Crippen MR) is 96.2 cm³/mol. The molecular formula is C17H22N4OS. The van der Waals surface area contributed by atoms with Crippen LogP contribution in [0.15, 0.2) is 58.5 Å². The van der Waals surface area contributed by atoms with Crippen LogP contribution in [0.2, 0.25) is 0 Å². The minimum atomic E-state index is 0.617. The second-order valence-corrected chi connectivity index (χ2v) is 5.89. The van der Waals surface area contributed by atoms with Gasteiger partial charge in [0.2, 0.25) is 5.88 Å². The Morgan fingerprint density at radius 1 is 1.22 bits per heavy atom.